The van der Waals surface area contributed by atoms with Crippen LogP contribution in [0.3, 0.4) is 0 Å². The average Bonchev–Trinajstić information content (AvgIpc) is 2.80. The summed E-state index contributed by atoms with van der Waals surface area (Å²) in [5.74, 6) is -1.84. The first kappa shape index (κ1) is 24.8. The molecule has 10 heteroatoms. The number of aryl methyl sites for hydroxylation is 1. The predicted molar refractivity (Wildman–Crippen MR) is 124 cm³/mol. The highest BCUT2D eigenvalue weighted by Gasteiger charge is 2.52. The molecule has 4 rings (SSSR count). The molecular formula is C25H24F2N2O5S. The summed E-state index contributed by atoms with van der Waals surface area (Å²) in [7, 11) is -3.91. The fraction of sp³-hybridized carbons (Fsp3) is 0.240. The van der Waals surface area contributed by atoms with E-state index in [1.165, 1.54) is 58.9 Å². The van der Waals surface area contributed by atoms with Crippen LogP contribution in [0.4, 0.5) is 8.78 Å². The molecule has 0 unspecified atom stereocenters. The van der Waals surface area contributed by atoms with Gasteiger partial charge in [0.05, 0.1) is 18.0 Å². The van der Waals surface area contributed by atoms with Crippen LogP contribution in [0.15, 0.2) is 77.7 Å². The van der Waals surface area contributed by atoms with Gasteiger partial charge in [-0.25, -0.2) is 17.2 Å². The van der Waals surface area contributed by atoms with Crippen LogP contribution in [0, 0.1) is 11.6 Å². The number of ether oxygens (including phenoxy) is 1. The summed E-state index contributed by atoms with van der Waals surface area (Å²) in [5, 5.41) is 8.95. The number of carboxylic acids is 1. The van der Waals surface area contributed by atoms with Crippen molar-refractivity contribution >= 4 is 16.0 Å². The van der Waals surface area contributed by atoms with E-state index in [0.717, 1.165) is 0 Å². The van der Waals surface area contributed by atoms with E-state index in [0.29, 0.717) is 17.5 Å². The van der Waals surface area contributed by atoms with Gasteiger partial charge in [-0.1, -0.05) is 30.3 Å². The Morgan fingerprint density at radius 2 is 1.71 bits per heavy atom. The van der Waals surface area contributed by atoms with E-state index in [-0.39, 0.29) is 30.2 Å². The van der Waals surface area contributed by atoms with Crippen molar-refractivity contribution in [1.29, 1.82) is 0 Å². The van der Waals surface area contributed by atoms with Gasteiger partial charge >= 0.3 is 5.97 Å². The largest absolute Gasteiger partial charge is 0.480 e. The topological polar surface area (TPSA) is 110 Å². The number of carbonyl (C=O) groups is 1. The number of aliphatic carboxylic acids is 1. The van der Waals surface area contributed by atoms with Crippen molar-refractivity contribution in [2.45, 2.75) is 29.4 Å². The lowest BCUT2D eigenvalue weighted by atomic mass is 9.87. The smallest absolute Gasteiger partial charge is 0.320 e. The van der Waals surface area contributed by atoms with Crippen molar-refractivity contribution in [3.05, 3.63) is 95.6 Å². The van der Waals surface area contributed by atoms with E-state index >= 15 is 0 Å². The third-order valence-corrected chi connectivity index (χ3v) is 7.73. The third kappa shape index (κ3) is 5.34. The molecule has 3 aromatic rings. The number of hydrogen-bond donors (Lipinski definition) is 2. The fourth-order valence-corrected chi connectivity index (χ4v) is 5.57. The molecule has 1 fully saturated rings. The zero-order chi connectivity index (χ0) is 25.2. The number of halogens is 2. The summed E-state index contributed by atoms with van der Waals surface area (Å²) in [5.41, 5.74) is 5.63. The maximum absolute atomic E-state index is 13.7. The van der Waals surface area contributed by atoms with Crippen LogP contribution in [-0.4, -0.2) is 42.9 Å². The van der Waals surface area contributed by atoms with Crippen molar-refractivity contribution in [3.8, 4) is 5.75 Å². The summed E-state index contributed by atoms with van der Waals surface area (Å²) >= 11 is 0. The van der Waals surface area contributed by atoms with E-state index in [2.05, 4.69) is 0 Å². The number of benzene rings is 3. The normalized spacial score (nSPS) is 16.3. The zero-order valence-corrected chi connectivity index (χ0v) is 19.4. The first-order chi connectivity index (χ1) is 16.6. The van der Waals surface area contributed by atoms with Crippen molar-refractivity contribution < 1.29 is 31.8 Å². The van der Waals surface area contributed by atoms with Crippen LogP contribution in [-0.2, 0) is 26.8 Å². The molecule has 1 heterocycles. The molecule has 0 spiro atoms. The minimum atomic E-state index is -3.91. The van der Waals surface area contributed by atoms with Gasteiger partial charge in [-0.15, -0.1) is 0 Å². The molecule has 0 aliphatic carbocycles. The molecule has 7 nitrogen and oxygen atoms in total. The molecule has 0 amide bonds. The lowest BCUT2D eigenvalue weighted by Gasteiger charge is -2.48. The zero-order valence-electron chi connectivity index (χ0n) is 18.6. The summed E-state index contributed by atoms with van der Waals surface area (Å²) in [6, 6.07) is 16.3. The van der Waals surface area contributed by atoms with Gasteiger partial charge in [0.25, 0.3) is 0 Å². The van der Waals surface area contributed by atoms with Crippen molar-refractivity contribution in [2.75, 3.05) is 13.1 Å². The molecule has 1 aliphatic rings. The van der Waals surface area contributed by atoms with Crippen LogP contribution < -0.4 is 10.5 Å². The van der Waals surface area contributed by atoms with Gasteiger partial charge in [-0.05, 0) is 60.4 Å². The fourth-order valence-electron chi connectivity index (χ4n) is 3.97. The Morgan fingerprint density at radius 3 is 2.37 bits per heavy atom. The van der Waals surface area contributed by atoms with Gasteiger partial charge in [0, 0.05) is 6.07 Å². The second-order valence-corrected chi connectivity index (χ2v) is 10.4. The lowest BCUT2D eigenvalue weighted by molar-refractivity contribution is -0.138. The molecular weight excluding hydrogens is 478 g/mol. The average molecular weight is 503 g/mol. The first-order valence-electron chi connectivity index (χ1n) is 10.9. The van der Waals surface area contributed by atoms with Crippen LogP contribution in [0.2, 0.25) is 0 Å². The number of nitrogens with two attached hydrogens (primary N) is 1. The Bertz CT molecular complexity index is 1330. The minimum absolute atomic E-state index is 0.0531. The second-order valence-electron chi connectivity index (χ2n) is 8.46. The Balaban J connectivity index is 1.56. The highest BCUT2D eigenvalue weighted by molar-refractivity contribution is 7.89. The van der Waals surface area contributed by atoms with Gasteiger partial charge in [0.2, 0.25) is 10.0 Å². The van der Waals surface area contributed by atoms with Gasteiger partial charge < -0.3 is 15.6 Å². The Kier molecular flexibility index (Phi) is 6.88. The van der Waals surface area contributed by atoms with E-state index in [9.17, 15) is 22.0 Å². The van der Waals surface area contributed by atoms with Crippen molar-refractivity contribution in [3.63, 3.8) is 0 Å². The van der Waals surface area contributed by atoms with E-state index in [1.807, 2.05) is 0 Å². The molecule has 1 aliphatic heterocycles. The van der Waals surface area contributed by atoms with E-state index in [1.54, 1.807) is 18.2 Å². The quantitative estimate of drug-likeness (QED) is 0.465. The molecule has 3 aromatic carbocycles. The van der Waals surface area contributed by atoms with Gasteiger partial charge in [0.1, 0.15) is 23.4 Å². The summed E-state index contributed by atoms with van der Waals surface area (Å²) in [6.45, 7) is -0.128. The molecule has 0 aromatic heterocycles. The molecule has 0 radical (unpaired) electrons. The lowest BCUT2D eigenvalue weighted by Crippen LogP contribution is -2.64. The predicted octanol–water partition coefficient (Wildman–Crippen LogP) is 3.29. The third-order valence-electron chi connectivity index (χ3n) is 5.94. The van der Waals surface area contributed by atoms with E-state index in [4.69, 9.17) is 15.6 Å². The second kappa shape index (κ2) is 9.73. The molecule has 1 saturated heterocycles. The summed E-state index contributed by atoms with van der Waals surface area (Å²) < 4.78 is 61.2. The van der Waals surface area contributed by atoms with Crippen LogP contribution in [0.5, 0.6) is 5.75 Å². The molecule has 0 saturated carbocycles. The maximum atomic E-state index is 13.7. The summed E-state index contributed by atoms with van der Waals surface area (Å²) in [6.07, 6.45) is 0.469. The monoisotopic (exact) mass is 502 g/mol. The highest BCUT2D eigenvalue weighted by atomic mass is 32.2. The Hall–Kier alpha value is -3.34. The Labute approximate surface area is 201 Å². The number of nitrogens with zero attached hydrogens (tertiary/aromatic N) is 1. The number of hydrogen-bond acceptors (Lipinski definition) is 5. The van der Waals surface area contributed by atoms with Crippen molar-refractivity contribution in [1.82, 2.24) is 4.31 Å². The number of carboxylic acid groups (broad SMARTS) is 1. The molecule has 3 N–H and O–H groups in total. The minimum Gasteiger partial charge on any atom is -0.480 e. The SMILES string of the molecule is N[C@@H](CCc1cccc(S(=O)(=O)N2CC(Oc3cccc(F)c3)(c3ccc(F)cc3)C2)c1)C(=O)O. The first-order valence-corrected chi connectivity index (χ1v) is 12.3. The molecule has 184 valence electrons. The van der Waals surface area contributed by atoms with Crippen LogP contribution in [0.25, 0.3) is 0 Å². The Morgan fingerprint density at radius 1 is 1.03 bits per heavy atom. The maximum Gasteiger partial charge on any atom is 0.320 e. The molecule has 0 bridgehead atoms. The van der Waals surface area contributed by atoms with E-state index < -0.39 is 39.3 Å². The number of rotatable bonds is 9. The number of sulfonamides is 1. The highest BCUT2D eigenvalue weighted by Crippen LogP contribution is 2.40. The van der Waals surface area contributed by atoms with Crippen LogP contribution in [0.1, 0.15) is 17.5 Å². The van der Waals surface area contributed by atoms with Crippen LogP contribution >= 0.6 is 0 Å². The van der Waals surface area contributed by atoms with Gasteiger partial charge in [-0.3, -0.25) is 4.79 Å². The molecule has 1 atom stereocenters. The van der Waals surface area contributed by atoms with Crippen molar-refractivity contribution in [2.24, 2.45) is 5.73 Å². The molecule has 35 heavy (non-hydrogen) atoms. The standard InChI is InChI=1S/C25H24F2N2O5S/c26-19-10-8-18(9-11-19)25(34-21-5-2-4-20(27)14-21)15-29(16-25)35(32,33)22-6-1-3-17(13-22)7-12-23(28)24(30)31/h1-6,8-11,13-14,23H,7,12,15-16,28H2,(H,30,31)/t23-/m0/s1. The van der Waals surface area contributed by atoms with Gasteiger partial charge in [0.15, 0.2) is 5.60 Å². The van der Waals surface area contributed by atoms with Gasteiger partial charge in [-0.2, -0.15) is 4.31 Å². The summed E-state index contributed by atoms with van der Waals surface area (Å²) in [4.78, 5) is 11.0.